The fourth-order valence-electron chi connectivity index (χ4n) is 4.11. The topological polar surface area (TPSA) is 56.4 Å². The van der Waals surface area contributed by atoms with E-state index >= 15 is 0 Å². The first-order chi connectivity index (χ1) is 11.7. The summed E-state index contributed by atoms with van der Waals surface area (Å²) >= 11 is 0. The smallest absolute Gasteiger partial charge is 0.254 e. The molecule has 24 heavy (non-hydrogen) atoms. The normalized spacial score (nSPS) is 19.9. The third-order valence-corrected chi connectivity index (χ3v) is 5.42. The van der Waals surface area contributed by atoms with E-state index in [-0.39, 0.29) is 11.5 Å². The Morgan fingerprint density at radius 2 is 1.75 bits per heavy atom. The number of fused-ring (bicyclic) bond motifs is 1. The molecular weight excluding hydrogens is 302 g/mol. The molecule has 0 atom stereocenters. The molecule has 2 fully saturated rings. The van der Waals surface area contributed by atoms with Crippen molar-refractivity contribution in [1.29, 1.82) is 0 Å². The van der Waals surface area contributed by atoms with Crippen LogP contribution in [0.15, 0.2) is 35.1 Å². The lowest BCUT2D eigenvalue weighted by atomic mass is 10.1. The van der Waals surface area contributed by atoms with Crippen molar-refractivity contribution in [2.75, 3.05) is 26.2 Å². The van der Waals surface area contributed by atoms with Crippen LogP contribution < -0.4 is 5.56 Å². The number of rotatable bonds is 2. The SMILES string of the molecule is O=C(c1cc(=O)[nH]c2ccccc12)N1CCN(C2CCCC2)CC1. The number of H-pyrrole nitrogens is 1. The van der Waals surface area contributed by atoms with Gasteiger partial charge in [0.2, 0.25) is 5.56 Å². The van der Waals surface area contributed by atoms with Crippen LogP contribution >= 0.6 is 0 Å². The fraction of sp³-hybridized carbons (Fsp3) is 0.474. The van der Waals surface area contributed by atoms with Crippen LogP contribution in [-0.4, -0.2) is 52.9 Å². The van der Waals surface area contributed by atoms with E-state index in [2.05, 4.69) is 9.88 Å². The maximum atomic E-state index is 12.9. The molecule has 5 nitrogen and oxygen atoms in total. The molecule has 0 radical (unpaired) electrons. The Morgan fingerprint density at radius 1 is 1.04 bits per heavy atom. The van der Waals surface area contributed by atoms with Crippen LogP contribution in [0, 0.1) is 0 Å². The highest BCUT2D eigenvalue weighted by Crippen LogP contribution is 2.25. The first kappa shape index (κ1) is 15.4. The molecule has 1 N–H and O–H groups in total. The average Bonchev–Trinajstić information content (AvgIpc) is 3.15. The predicted molar refractivity (Wildman–Crippen MR) is 94.3 cm³/mol. The van der Waals surface area contributed by atoms with Crippen LogP contribution in [0.2, 0.25) is 0 Å². The zero-order valence-corrected chi connectivity index (χ0v) is 13.8. The van der Waals surface area contributed by atoms with Crippen molar-refractivity contribution in [3.8, 4) is 0 Å². The molecule has 2 heterocycles. The summed E-state index contributed by atoms with van der Waals surface area (Å²) < 4.78 is 0. The van der Waals surface area contributed by atoms with Gasteiger partial charge in [-0.2, -0.15) is 0 Å². The van der Waals surface area contributed by atoms with E-state index in [1.807, 2.05) is 29.2 Å². The molecule has 5 heteroatoms. The van der Waals surface area contributed by atoms with Gasteiger partial charge in [-0.3, -0.25) is 14.5 Å². The van der Waals surface area contributed by atoms with Crippen LogP contribution in [0.3, 0.4) is 0 Å². The van der Waals surface area contributed by atoms with Crippen LogP contribution in [0.1, 0.15) is 36.0 Å². The molecule has 2 aromatic rings. The second-order valence-electron chi connectivity index (χ2n) is 6.86. The van der Waals surface area contributed by atoms with E-state index in [9.17, 15) is 9.59 Å². The summed E-state index contributed by atoms with van der Waals surface area (Å²) in [6.45, 7) is 3.38. The van der Waals surface area contributed by atoms with Crippen LogP contribution in [0.25, 0.3) is 10.9 Å². The molecule has 1 aliphatic carbocycles. The van der Waals surface area contributed by atoms with Crippen molar-refractivity contribution in [3.63, 3.8) is 0 Å². The summed E-state index contributed by atoms with van der Waals surface area (Å²) in [5.41, 5.74) is 1.02. The van der Waals surface area contributed by atoms with Gasteiger partial charge in [-0.05, 0) is 18.9 Å². The summed E-state index contributed by atoms with van der Waals surface area (Å²) in [6, 6.07) is 9.65. The monoisotopic (exact) mass is 325 g/mol. The zero-order valence-electron chi connectivity index (χ0n) is 13.8. The Balaban J connectivity index is 1.54. The summed E-state index contributed by atoms with van der Waals surface area (Å²) in [4.78, 5) is 32.1. The number of nitrogens with zero attached hydrogens (tertiary/aromatic N) is 2. The third kappa shape index (κ3) is 2.84. The van der Waals surface area contributed by atoms with Gasteiger partial charge in [-0.25, -0.2) is 0 Å². The van der Waals surface area contributed by atoms with E-state index < -0.39 is 0 Å². The number of pyridine rings is 1. The van der Waals surface area contributed by atoms with Crippen molar-refractivity contribution >= 4 is 16.8 Å². The van der Waals surface area contributed by atoms with Gasteiger partial charge in [0.15, 0.2) is 0 Å². The number of nitrogens with one attached hydrogen (secondary N) is 1. The Morgan fingerprint density at radius 3 is 2.50 bits per heavy atom. The van der Waals surface area contributed by atoms with Crippen molar-refractivity contribution in [3.05, 3.63) is 46.2 Å². The van der Waals surface area contributed by atoms with Gasteiger partial charge < -0.3 is 9.88 Å². The number of aromatic amines is 1. The Bertz CT molecular complexity index is 800. The maximum Gasteiger partial charge on any atom is 0.254 e. The quantitative estimate of drug-likeness (QED) is 0.921. The molecule has 0 unspecified atom stereocenters. The van der Waals surface area contributed by atoms with Crippen LogP contribution in [-0.2, 0) is 0 Å². The number of hydrogen-bond donors (Lipinski definition) is 1. The minimum absolute atomic E-state index is 0.0247. The first-order valence-corrected chi connectivity index (χ1v) is 8.88. The Hall–Kier alpha value is -2.14. The molecule has 1 amide bonds. The van der Waals surface area contributed by atoms with Gasteiger partial charge in [-0.15, -0.1) is 0 Å². The largest absolute Gasteiger partial charge is 0.336 e. The van der Waals surface area contributed by atoms with Crippen molar-refractivity contribution in [1.82, 2.24) is 14.8 Å². The number of piperazine rings is 1. The minimum Gasteiger partial charge on any atom is -0.336 e. The summed E-state index contributed by atoms with van der Waals surface area (Å²) in [5, 5.41) is 0.820. The maximum absolute atomic E-state index is 12.9. The molecule has 1 saturated heterocycles. The molecular formula is C19H23N3O2. The Kier molecular flexibility index (Phi) is 4.10. The van der Waals surface area contributed by atoms with E-state index in [1.54, 1.807) is 0 Å². The summed E-state index contributed by atoms with van der Waals surface area (Å²) in [7, 11) is 0. The second kappa shape index (κ2) is 6.40. The number of hydrogen-bond acceptors (Lipinski definition) is 3. The average molecular weight is 325 g/mol. The van der Waals surface area contributed by atoms with Gasteiger partial charge in [-0.1, -0.05) is 31.0 Å². The number of benzene rings is 1. The van der Waals surface area contributed by atoms with Gasteiger partial charge >= 0.3 is 0 Å². The predicted octanol–water partition coefficient (Wildman–Crippen LogP) is 2.23. The van der Waals surface area contributed by atoms with Gasteiger partial charge in [0, 0.05) is 49.2 Å². The third-order valence-electron chi connectivity index (χ3n) is 5.42. The zero-order chi connectivity index (χ0) is 16.5. The van der Waals surface area contributed by atoms with Gasteiger partial charge in [0.1, 0.15) is 0 Å². The molecule has 126 valence electrons. The number of amides is 1. The highest BCUT2D eigenvalue weighted by molar-refractivity contribution is 6.05. The molecule has 1 aliphatic heterocycles. The number of carbonyl (C=O) groups is 1. The Labute approximate surface area is 141 Å². The molecule has 1 aromatic heterocycles. The van der Waals surface area contributed by atoms with Crippen molar-refractivity contribution in [2.24, 2.45) is 0 Å². The lowest BCUT2D eigenvalue weighted by molar-refractivity contribution is 0.0575. The van der Waals surface area contributed by atoms with E-state index in [0.29, 0.717) is 11.6 Å². The number of carbonyl (C=O) groups excluding carboxylic acids is 1. The second-order valence-corrected chi connectivity index (χ2v) is 6.86. The van der Waals surface area contributed by atoms with Crippen LogP contribution in [0.5, 0.6) is 0 Å². The van der Waals surface area contributed by atoms with E-state index in [1.165, 1.54) is 31.7 Å². The van der Waals surface area contributed by atoms with Gasteiger partial charge in [0.25, 0.3) is 5.91 Å². The fourth-order valence-corrected chi connectivity index (χ4v) is 4.11. The molecule has 1 aromatic carbocycles. The van der Waals surface area contributed by atoms with Gasteiger partial charge in [0.05, 0.1) is 5.56 Å². The summed E-state index contributed by atoms with van der Waals surface area (Å²) in [6.07, 6.45) is 5.27. The lowest BCUT2D eigenvalue weighted by Gasteiger charge is -2.38. The molecule has 4 rings (SSSR count). The highest BCUT2D eigenvalue weighted by Gasteiger charge is 2.28. The van der Waals surface area contributed by atoms with E-state index in [4.69, 9.17) is 0 Å². The minimum atomic E-state index is -0.221. The molecule has 0 spiro atoms. The summed E-state index contributed by atoms with van der Waals surface area (Å²) in [5.74, 6) is -0.0247. The number of para-hydroxylation sites is 1. The van der Waals surface area contributed by atoms with E-state index in [0.717, 1.165) is 37.1 Å². The number of aromatic nitrogens is 1. The van der Waals surface area contributed by atoms with Crippen LogP contribution in [0.4, 0.5) is 0 Å². The molecule has 0 bridgehead atoms. The highest BCUT2D eigenvalue weighted by atomic mass is 16.2. The molecule has 2 aliphatic rings. The lowest BCUT2D eigenvalue weighted by Crippen LogP contribution is -2.51. The van der Waals surface area contributed by atoms with Crippen molar-refractivity contribution in [2.45, 2.75) is 31.7 Å². The standard InChI is InChI=1S/C19H23N3O2/c23-18-13-16(15-7-3-4-8-17(15)20-18)19(24)22-11-9-21(10-12-22)14-5-1-2-6-14/h3-4,7-8,13-14H,1-2,5-6,9-12H2,(H,20,23). The van der Waals surface area contributed by atoms with Crippen molar-refractivity contribution < 1.29 is 4.79 Å². The first-order valence-electron chi connectivity index (χ1n) is 8.88. The molecule has 1 saturated carbocycles.